The molecule has 1 aliphatic carbocycles. The molecular formula is C14H12F6O7S2. The predicted octanol–water partition coefficient (Wildman–Crippen LogP) is 3.17. The zero-order valence-corrected chi connectivity index (χ0v) is 15.7. The lowest BCUT2D eigenvalue weighted by atomic mass is 9.95. The van der Waals surface area contributed by atoms with Crippen LogP contribution in [0.1, 0.15) is 29.6 Å². The number of hydrogen-bond donors (Lipinski definition) is 0. The Bertz CT molecular complexity index is 985. The summed E-state index contributed by atoms with van der Waals surface area (Å²) in [6.07, 6.45) is 0.508. The van der Waals surface area contributed by atoms with E-state index in [-0.39, 0.29) is 24.8 Å². The zero-order chi connectivity index (χ0) is 22.2. The van der Waals surface area contributed by atoms with E-state index in [2.05, 4.69) is 4.18 Å². The molecule has 2 unspecified atom stereocenters. The first-order valence-electron chi connectivity index (χ1n) is 7.69. The van der Waals surface area contributed by atoms with Crippen LogP contribution in [0.25, 0.3) is 0 Å². The number of benzene rings is 1. The first-order chi connectivity index (χ1) is 13.2. The van der Waals surface area contributed by atoms with Gasteiger partial charge in [0.15, 0.2) is 17.3 Å². The van der Waals surface area contributed by atoms with Crippen LogP contribution < -0.4 is 8.37 Å². The molecule has 0 aromatic heterocycles. The molecule has 1 aromatic rings. The first kappa shape index (κ1) is 23.3. The third-order valence-corrected chi connectivity index (χ3v) is 6.70. The summed E-state index contributed by atoms with van der Waals surface area (Å²) in [6.45, 7) is -3.67. The van der Waals surface area contributed by atoms with Gasteiger partial charge in [0, 0.05) is 5.92 Å². The smallest absolute Gasteiger partial charge is 0.377 e. The van der Waals surface area contributed by atoms with Crippen LogP contribution in [0.3, 0.4) is 0 Å². The minimum Gasteiger partial charge on any atom is -0.377 e. The van der Waals surface area contributed by atoms with E-state index in [0.717, 1.165) is 18.2 Å². The van der Waals surface area contributed by atoms with Gasteiger partial charge in [-0.15, -0.1) is 0 Å². The van der Waals surface area contributed by atoms with Gasteiger partial charge >= 0.3 is 32.4 Å². The van der Waals surface area contributed by atoms with Gasteiger partial charge < -0.3 is 8.37 Å². The largest absolute Gasteiger partial charge is 0.534 e. The van der Waals surface area contributed by atoms with Crippen molar-refractivity contribution in [2.24, 2.45) is 5.92 Å². The maximum Gasteiger partial charge on any atom is 0.534 e. The molecule has 1 fully saturated rings. The lowest BCUT2D eigenvalue weighted by Crippen LogP contribution is -2.30. The summed E-state index contributed by atoms with van der Waals surface area (Å²) >= 11 is 0. The van der Waals surface area contributed by atoms with Crippen molar-refractivity contribution in [1.82, 2.24) is 0 Å². The molecule has 2 aliphatic rings. The summed E-state index contributed by atoms with van der Waals surface area (Å²) < 4.78 is 122. The van der Waals surface area contributed by atoms with Gasteiger partial charge in [-0.1, -0.05) is 6.07 Å². The Morgan fingerprint density at radius 3 is 2.28 bits per heavy atom. The van der Waals surface area contributed by atoms with Crippen LogP contribution in [0, 0.1) is 5.92 Å². The van der Waals surface area contributed by atoms with Crippen molar-refractivity contribution in [3.8, 4) is 11.5 Å². The zero-order valence-electron chi connectivity index (χ0n) is 14.0. The summed E-state index contributed by atoms with van der Waals surface area (Å²) in [5.74, 6) is -3.00. The molecule has 164 valence electrons. The standard InChI is InChI=1S/C13H11F3O7S2.CHF3/c14-13(15,16)25(20,21)22-10-3-1-2-9-11(17)7-4-5-8(6-7)24(18,19)23-12(9)10;2-1(3)4/h1-3,7-8H,4-6H2;1H. The third kappa shape index (κ3) is 5.12. The number of para-hydroxylation sites is 1. The van der Waals surface area contributed by atoms with Gasteiger partial charge in [0.05, 0.1) is 10.8 Å². The van der Waals surface area contributed by atoms with E-state index in [1.54, 1.807) is 0 Å². The number of Topliss-reactive ketones (excluding diaryl/α,β-unsaturated/α-hetero) is 1. The van der Waals surface area contributed by atoms with E-state index in [1.165, 1.54) is 0 Å². The second-order valence-corrected chi connectivity index (χ2v) is 9.29. The number of carbonyl (C=O) groups excluding carboxylic acids is 1. The van der Waals surface area contributed by atoms with E-state index in [4.69, 9.17) is 4.18 Å². The van der Waals surface area contributed by atoms with Crippen LogP contribution in [0.15, 0.2) is 18.2 Å². The van der Waals surface area contributed by atoms with Crippen molar-refractivity contribution in [3.05, 3.63) is 23.8 Å². The minimum atomic E-state index is -6.06. The van der Waals surface area contributed by atoms with Gasteiger partial charge in [-0.05, 0) is 31.4 Å². The number of halogens is 6. The van der Waals surface area contributed by atoms with Crippen molar-refractivity contribution in [2.75, 3.05) is 0 Å². The van der Waals surface area contributed by atoms with E-state index in [9.17, 15) is 48.0 Å². The Morgan fingerprint density at radius 2 is 1.72 bits per heavy atom. The molecule has 1 aromatic carbocycles. The second-order valence-electron chi connectivity index (χ2n) is 5.94. The molecule has 1 heterocycles. The molecule has 1 aliphatic heterocycles. The van der Waals surface area contributed by atoms with Gasteiger partial charge in [0.2, 0.25) is 0 Å². The molecule has 2 atom stereocenters. The van der Waals surface area contributed by atoms with Crippen molar-refractivity contribution < 1.29 is 56.3 Å². The van der Waals surface area contributed by atoms with Crippen molar-refractivity contribution in [2.45, 2.75) is 36.7 Å². The highest BCUT2D eigenvalue weighted by Gasteiger charge is 2.50. The maximum atomic E-state index is 12.5. The Kier molecular flexibility index (Phi) is 6.42. The lowest BCUT2D eigenvalue weighted by molar-refractivity contribution is -0.0500. The van der Waals surface area contributed by atoms with Gasteiger partial charge in [-0.3, -0.25) is 4.79 Å². The first-order valence-corrected chi connectivity index (χ1v) is 10.6. The van der Waals surface area contributed by atoms with E-state index >= 15 is 0 Å². The Labute approximate surface area is 160 Å². The Balaban J connectivity index is 0.000000687. The SMILES string of the molecule is FC(F)F.O=C1c2cccc(OS(=O)(=O)C(F)(F)F)c2OS(=O)(=O)C2CCC1C2. The van der Waals surface area contributed by atoms with Crippen LogP contribution in [-0.4, -0.2) is 40.1 Å². The molecule has 3 rings (SSSR count). The summed E-state index contributed by atoms with van der Waals surface area (Å²) in [6, 6.07) is 3.02. The molecular weight excluding hydrogens is 458 g/mol. The number of rotatable bonds is 2. The molecule has 7 nitrogen and oxygen atoms in total. The maximum absolute atomic E-state index is 12.5. The molecule has 0 N–H and O–H groups in total. The topological polar surface area (TPSA) is 104 Å². The molecule has 29 heavy (non-hydrogen) atoms. The Hall–Kier alpha value is -2.03. The summed E-state index contributed by atoms with van der Waals surface area (Å²) in [4.78, 5) is 12.5. The highest BCUT2D eigenvalue weighted by molar-refractivity contribution is 7.88. The number of alkyl halides is 6. The fourth-order valence-electron chi connectivity index (χ4n) is 2.87. The molecule has 2 bridgehead atoms. The van der Waals surface area contributed by atoms with Crippen LogP contribution in [0.5, 0.6) is 11.5 Å². The van der Waals surface area contributed by atoms with Gasteiger partial charge in [0.1, 0.15) is 0 Å². The second kappa shape index (κ2) is 8.01. The molecule has 0 amide bonds. The minimum absolute atomic E-state index is 0.0482. The van der Waals surface area contributed by atoms with Crippen molar-refractivity contribution >= 4 is 26.0 Å². The van der Waals surface area contributed by atoms with E-state index < -0.39 is 60.9 Å². The number of fused-ring (bicyclic) bond motifs is 3. The Morgan fingerprint density at radius 1 is 1.14 bits per heavy atom. The van der Waals surface area contributed by atoms with Crippen molar-refractivity contribution in [1.29, 1.82) is 0 Å². The quantitative estimate of drug-likeness (QED) is 0.372. The van der Waals surface area contributed by atoms with Gasteiger partial charge in [-0.2, -0.15) is 43.2 Å². The summed E-state index contributed by atoms with van der Waals surface area (Å²) in [5, 5.41) is -0.984. The molecule has 1 saturated carbocycles. The molecule has 15 heteroatoms. The lowest BCUT2D eigenvalue weighted by Gasteiger charge is -2.21. The van der Waals surface area contributed by atoms with E-state index in [0.29, 0.717) is 0 Å². The monoisotopic (exact) mass is 470 g/mol. The molecule has 0 spiro atoms. The van der Waals surface area contributed by atoms with Crippen LogP contribution in [-0.2, 0) is 20.2 Å². The normalized spacial score (nSPS) is 23.2. The predicted molar refractivity (Wildman–Crippen MR) is 84.2 cm³/mol. The van der Waals surface area contributed by atoms with Gasteiger partial charge in [-0.25, -0.2) is 0 Å². The van der Waals surface area contributed by atoms with Crippen molar-refractivity contribution in [3.63, 3.8) is 0 Å². The summed E-state index contributed by atoms with van der Waals surface area (Å²) in [7, 11) is -10.3. The summed E-state index contributed by atoms with van der Waals surface area (Å²) in [5.41, 5.74) is -6.05. The fraction of sp³-hybridized carbons (Fsp3) is 0.500. The number of carbonyl (C=O) groups is 1. The average Bonchev–Trinajstić information content (AvgIpc) is 3.04. The average molecular weight is 470 g/mol. The molecule has 0 saturated heterocycles. The van der Waals surface area contributed by atoms with Crippen LogP contribution in [0.2, 0.25) is 0 Å². The van der Waals surface area contributed by atoms with Crippen LogP contribution in [0.4, 0.5) is 26.3 Å². The third-order valence-electron chi connectivity index (χ3n) is 4.09. The van der Waals surface area contributed by atoms with E-state index in [1.807, 2.05) is 0 Å². The van der Waals surface area contributed by atoms with Gasteiger partial charge in [0.25, 0.3) is 0 Å². The number of ketones is 1. The number of hydrogen-bond acceptors (Lipinski definition) is 7. The molecule has 0 radical (unpaired) electrons. The highest BCUT2D eigenvalue weighted by atomic mass is 32.2. The fourth-order valence-corrected chi connectivity index (χ4v) is 4.77. The van der Waals surface area contributed by atoms with Crippen LogP contribution >= 0.6 is 0 Å². The highest BCUT2D eigenvalue weighted by Crippen LogP contribution is 2.43.